The number of hydrogen-bond acceptors (Lipinski definition) is 3. The number of aromatic nitrogens is 1. The molecular weight excluding hydrogens is 224 g/mol. The molecule has 0 radical (unpaired) electrons. The van der Waals surface area contributed by atoms with Gasteiger partial charge in [0.05, 0.1) is 0 Å². The molecule has 0 aliphatic heterocycles. The zero-order valence-electron chi connectivity index (χ0n) is 11.4. The van der Waals surface area contributed by atoms with Gasteiger partial charge in [-0.1, -0.05) is 23.8 Å². The van der Waals surface area contributed by atoms with Crippen molar-refractivity contribution in [3.63, 3.8) is 0 Å². The predicted molar refractivity (Wildman–Crippen MR) is 73.3 cm³/mol. The second kappa shape index (κ2) is 4.94. The van der Waals surface area contributed by atoms with Gasteiger partial charge in [-0.15, -0.1) is 0 Å². The Morgan fingerprint density at radius 1 is 1.28 bits per heavy atom. The quantitative estimate of drug-likeness (QED) is 0.897. The van der Waals surface area contributed by atoms with Crippen molar-refractivity contribution in [2.24, 2.45) is 0 Å². The lowest BCUT2D eigenvalue weighted by molar-refractivity contribution is 0.421. The third-order valence-corrected chi connectivity index (χ3v) is 2.71. The fourth-order valence-corrected chi connectivity index (χ4v) is 1.77. The van der Waals surface area contributed by atoms with Gasteiger partial charge in [-0.25, -0.2) is 4.98 Å². The average Bonchev–Trinajstić information content (AvgIpc) is 2.73. The minimum Gasteiger partial charge on any atom is -0.443 e. The topological polar surface area (TPSA) is 38.1 Å². The van der Waals surface area contributed by atoms with Gasteiger partial charge in [0.1, 0.15) is 5.69 Å². The third kappa shape index (κ3) is 3.20. The van der Waals surface area contributed by atoms with E-state index >= 15 is 0 Å². The molecule has 0 amide bonds. The first-order valence-corrected chi connectivity index (χ1v) is 6.20. The molecular formula is C15H20N2O. The summed E-state index contributed by atoms with van der Waals surface area (Å²) in [6.07, 6.45) is 1.51. The van der Waals surface area contributed by atoms with E-state index in [1.54, 1.807) is 0 Å². The van der Waals surface area contributed by atoms with E-state index in [1.807, 2.05) is 12.1 Å². The van der Waals surface area contributed by atoms with Crippen LogP contribution in [0.25, 0.3) is 11.3 Å². The highest BCUT2D eigenvalue weighted by atomic mass is 16.3. The summed E-state index contributed by atoms with van der Waals surface area (Å²) in [6.45, 7) is 9.20. The molecule has 18 heavy (non-hydrogen) atoms. The summed E-state index contributed by atoms with van der Waals surface area (Å²) < 4.78 is 5.52. The molecule has 0 fully saturated rings. The highest BCUT2D eigenvalue weighted by Crippen LogP contribution is 2.24. The largest absolute Gasteiger partial charge is 0.443 e. The van der Waals surface area contributed by atoms with Gasteiger partial charge in [0, 0.05) is 17.6 Å². The molecule has 1 heterocycles. The second-order valence-electron chi connectivity index (χ2n) is 5.60. The lowest BCUT2D eigenvalue weighted by Crippen LogP contribution is -2.35. The molecule has 0 bridgehead atoms. The van der Waals surface area contributed by atoms with Crippen LogP contribution in [0.15, 0.2) is 35.1 Å². The van der Waals surface area contributed by atoms with Crippen LogP contribution in [0.2, 0.25) is 0 Å². The SMILES string of the molecule is Cc1cccc(-c2ocnc2CNC(C)(C)C)c1. The Balaban J connectivity index is 2.23. The summed E-state index contributed by atoms with van der Waals surface area (Å²) in [5.74, 6) is 0.857. The summed E-state index contributed by atoms with van der Waals surface area (Å²) in [7, 11) is 0. The normalized spacial score (nSPS) is 11.8. The molecule has 1 N–H and O–H groups in total. The predicted octanol–water partition coefficient (Wildman–Crippen LogP) is 3.54. The van der Waals surface area contributed by atoms with Crippen molar-refractivity contribution in [1.29, 1.82) is 0 Å². The van der Waals surface area contributed by atoms with Gasteiger partial charge >= 0.3 is 0 Å². The highest BCUT2D eigenvalue weighted by molar-refractivity contribution is 5.60. The summed E-state index contributed by atoms with van der Waals surface area (Å²) >= 11 is 0. The molecule has 3 nitrogen and oxygen atoms in total. The van der Waals surface area contributed by atoms with E-state index in [1.165, 1.54) is 12.0 Å². The number of benzene rings is 1. The minimum atomic E-state index is 0.0722. The minimum absolute atomic E-state index is 0.0722. The molecule has 0 saturated heterocycles. The van der Waals surface area contributed by atoms with Gasteiger partial charge in [0.25, 0.3) is 0 Å². The monoisotopic (exact) mass is 244 g/mol. The molecule has 0 saturated carbocycles. The molecule has 0 spiro atoms. The van der Waals surface area contributed by atoms with Gasteiger partial charge in [0.15, 0.2) is 12.2 Å². The van der Waals surface area contributed by atoms with Gasteiger partial charge in [-0.3, -0.25) is 0 Å². The number of nitrogens with zero attached hydrogens (tertiary/aromatic N) is 1. The number of nitrogens with one attached hydrogen (secondary N) is 1. The highest BCUT2D eigenvalue weighted by Gasteiger charge is 2.14. The van der Waals surface area contributed by atoms with Crippen LogP contribution < -0.4 is 5.32 Å². The summed E-state index contributed by atoms with van der Waals surface area (Å²) in [6, 6.07) is 8.27. The number of aryl methyl sites for hydroxylation is 1. The van der Waals surface area contributed by atoms with Crippen molar-refractivity contribution in [3.8, 4) is 11.3 Å². The summed E-state index contributed by atoms with van der Waals surface area (Å²) in [5.41, 5.74) is 3.33. The lowest BCUT2D eigenvalue weighted by atomic mass is 10.1. The standard InChI is InChI=1S/C15H20N2O/c1-11-6-5-7-12(8-11)14-13(16-10-18-14)9-17-15(2,3)4/h5-8,10,17H,9H2,1-4H3. The Bertz CT molecular complexity index is 523. The van der Waals surface area contributed by atoms with Crippen LogP contribution in [0.3, 0.4) is 0 Å². The van der Waals surface area contributed by atoms with Crippen LogP contribution in [0, 0.1) is 6.92 Å². The molecule has 0 aliphatic rings. The molecule has 0 unspecified atom stereocenters. The molecule has 1 aromatic heterocycles. The first-order valence-electron chi connectivity index (χ1n) is 6.20. The van der Waals surface area contributed by atoms with Crippen LogP contribution in [-0.2, 0) is 6.54 Å². The van der Waals surface area contributed by atoms with Crippen LogP contribution in [0.4, 0.5) is 0 Å². The van der Waals surface area contributed by atoms with Crippen molar-refractivity contribution < 1.29 is 4.42 Å². The Labute approximate surface area is 108 Å². The molecule has 2 rings (SSSR count). The van der Waals surface area contributed by atoms with E-state index in [4.69, 9.17) is 4.42 Å². The van der Waals surface area contributed by atoms with E-state index in [-0.39, 0.29) is 5.54 Å². The van der Waals surface area contributed by atoms with Crippen molar-refractivity contribution in [1.82, 2.24) is 10.3 Å². The fraction of sp³-hybridized carbons (Fsp3) is 0.400. The zero-order chi connectivity index (χ0) is 13.2. The van der Waals surface area contributed by atoms with Gasteiger partial charge in [0.2, 0.25) is 0 Å². The molecule has 0 aliphatic carbocycles. The number of rotatable bonds is 3. The molecule has 0 atom stereocenters. The van der Waals surface area contributed by atoms with E-state index < -0.39 is 0 Å². The summed E-state index contributed by atoms with van der Waals surface area (Å²) in [5, 5.41) is 3.43. The van der Waals surface area contributed by atoms with Crippen LogP contribution in [-0.4, -0.2) is 10.5 Å². The smallest absolute Gasteiger partial charge is 0.181 e. The molecule has 2 aromatic rings. The Kier molecular flexibility index (Phi) is 3.53. The van der Waals surface area contributed by atoms with Crippen molar-refractivity contribution in [2.75, 3.05) is 0 Å². The van der Waals surface area contributed by atoms with Crippen molar-refractivity contribution in [3.05, 3.63) is 41.9 Å². The maximum Gasteiger partial charge on any atom is 0.181 e. The Morgan fingerprint density at radius 3 is 2.72 bits per heavy atom. The first-order chi connectivity index (χ1) is 8.46. The van der Waals surface area contributed by atoms with Crippen LogP contribution >= 0.6 is 0 Å². The number of oxazole rings is 1. The molecule has 1 aromatic carbocycles. The van der Waals surface area contributed by atoms with Gasteiger partial charge in [-0.05, 0) is 33.8 Å². The first kappa shape index (κ1) is 12.8. The zero-order valence-corrected chi connectivity index (χ0v) is 11.4. The van der Waals surface area contributed by atoms with Crippen molar-refractivity contribution >= 4 is 0 Å². The third-order valence-electron chi connectivity index (χ3n) is 2.71. The van der Waals surface area contributed by atoms with E-state index in [2.05, 4.69) is 50.1 Å². The van der Waals surface area contributed by atoms with Crippen LogP contribution in [0.1, 0.15) is 32.0 Å². The molecule has 96 valence electrons. The van der Waals surface area contributed by atoms with Gasteiger partial charge in [-0.2, -0.15) is 0 Å². The lowest BCUT2D eigenvalue weighted by Gasteiger charge is -2.19. The Morgan fingerprint density at radius 2 is 2.06 bits per heavy atom. The maximum atomic E-state index is 5.52. The van der Waals surface area contributed by atoms with Crippen molar-refractivity contribution in [2.45, 2.75) is 39.8 Å². The van der Waals surface area contributed by atoms with E-state index in [0.29, 0.717) is 6.54 Å². The summed E-state index contributed by atoms with van der Waals surface area (Å²) in [4.78, 5) is 4.30. The van der Waals surface area contributed by atoms with E-state index in [9.17, 15) is 0 Å². The maximum absolute atomic E-state index is 5.52. The number of hydrogen-bond donors (Lipinski definition) is 1. The second-order valence-corrected chi connectivity index (χ2v) is 5.60. The van der Waals surface area contributed by atoms with Crippen LogP contribution in [0.5, 0.6) is 0 Å². The molecule has 3 heteroatoms. The van der Waals surface area contributed by atoms with Gasteiger partial charge < -0.3 is 9.73 Å². The average molecular weight is 244 g/mol. The van der Waals surface area contributed by atoms with E-state index in [0.717, 1.165) is 17.0 Å². The fourth-order valence-electron chi connectivity index (χ4n) is 1.77. The Hall–Kier alpha value is -1.61.